The summed E-state index contributed by atoms with van der Waals surface area (Å²) < 4.78 is 0. The van der Waals surface area contributed by atoms with Crippen LogP contribution in [0.2, 0.25) is 0 Å². The van der Waals surface area contributed by atoms with Crippen molar-refractivity contribution in [1.29, 1.82) is 0 Å². The van der Waals surface area contributed by atoms with Crippen LogP contribution in [0.4, 0.5) is 5.69 Å². The summed E-state index contributed by atoms with van der Waals surface area (Å²) in [6.07, 6.45) is 1.34. The molecule has 1 aromatic rings. The number of nitrogens with one attached hydrogen (secondary N) is 3. The Balaban J connectivity index is 1.67. The number of aromatic amines is 2. The zero-order chi connectivity index (χ0) is 14.1. The van der Waals surface area contributed by atoms with Crippen LogP contribution in [0, 0.1) is 0 Å². The standard InChI is InChI=1S/C11H11N5O3S/c17-8(14-7-4-13-10(19)15-9(7)18)3-6-5-20-11-12-1-2-16(6)11/h4-5H,1-3H2,(H,14,17)(H2,13,15,18,19). The minimum absolute atomic E-state index is 0.0242. The molecule has 9 heteroatoms. The van der Waals surface area contributed by atoms with E-state index in [9.17, 15) is 14.4 Å². The van der Waals surface area contributed by atoms with Gasteiger partial charge in [-0.25, -0.2) is 4.79 Å². The van der Waals surface area contributed by atoms with E-state index in [1.807, 2.05) is 15.3 Å². The summed E-state index contributed by atoms with van der Waals surface area (Å²) in [5.74, 6) is -0.317. The van der Waals surface area contributed by atoms with Gasteiger partial charge in [0.1, 0.15) is 5.69 Å². The van der Waals surface area contributed by atoms with Crippen LogP contribution in [0.25, 0.3) is 0 Å². The van der Waals surface area contributed by atoms with Crippen LogP contribution >= 0.6 is 11.8 Å². The number of aromatic nitrogens is 2. The second-order valence-electron chi connectivity index (χ2n) is 4.25. The number of fused-ring (bicyclic) bond motifs is 1. The highest BCUT2D eigenvalue weighted by molar-refractivity contribution is 8.16. The predicted octanol–water partition coefficient (Wildman–Crippen LogP) is -0.348. The Labute approximate surface area is 117 Å². The van der Waals surface area contributed by atoms with Crippen LogP contribution in [-0.2, 0) is 4.79 Å². The third-order valence-electron chi connectivity index (χ3n) is 2.88. The monoisotopic (exact) mass is 293 g/mol. The summed E-state index contributed by atoms with van der Waals surface area (Å²) >= 11 is 1.49. The van der Waals surface area contributed by atoms with Crippen LogP contribution < -0.4 is 16.6 Å². The summed E-state index contributed by atoms with van der Waals surface area (Å²) in [7, 11) is 0. The van der Waals surface area contributed by atoms with Gasteiger partial charge < -0.3 is 15.2 Å². The van der Waals surface area contributed by atoms with Crippen molar-refractivity contribution < 1.29 is 4.79 Å². The maximum Gasteiger partial charge on any atom is 0.325 e. The van der Waals surface area contributed by atoms with Gasteiger partial charge in [-0.1, -0.05) is 11.8 Å². The number of hydrogen-bond acceptors (Lipinski definition) is 6. The summed E-state index contributed by atoms with van der Waals surface area (Å²) in [4.78, 5) is 44.9. The largest absolute Gasteiger partial charge is 0.325 e. The Morgan fingerprint density at radius 3 is 3.15 bits per heavy atom. The van der Waals surface area contributed by atoms with E-state index in [4.69, 9.17) is 0 Å². The van der Waals surface area contributed by atoms with Gasteiger partial charge >= 0.3 is 5.69 Å². The SMILES string of the molecule is O=C(CC1=CSC2=NCCN12)Nc1c[nH]c(=O)[nH]c1=O. The molecule has 2 aliphatic heterocycles. The number of anilines is 1. The number of rotatable bonds is 3. The van der Waals surface area contributed by atoms with Gasteiger partial charge in [-0.15, -0.1) is 0 Å². The molecular formula is C11H11N5O3S. The summed E-state index contributed by atoms with van der Waals surface area (Å²) in [6, 6.07) is 0. The molecule has 8 nitrogen and oxygen atoms in total. The molecule has 0 spiro atoms. The smallest absolute Gasteiger partial charge is 0.322 e. The van der Waals surface area contributed by atoms with E-state index >= 15 is 0 Å². The van der Waals surface area contributed by atoms with Crippen molar-refractivity contribution >= 4 is 28.5 Å². The lowest BCUT2D eigenvalue weighted by Gasteiger charge is -2.15. The molecule has 2 aliphatic rings. The maximum atomic E-state index is 11.9. The fourth-order valence-corrected chi connectivity index (χ4v) is 2.93. The fourth-order valence-electron chi connectivity index (χ4n) is 1.98. The Morgan fingerprint density at radius 1 is 1.50 bits per heavy atom. The molecule has 0 saturated carbocycles. The van der Waals surface area contributed by atoms with E-state index in [0.717, 1.165) is 24.0 Å². The molecule has 0 bridgehead atoms. The van der Waals surface area contributed by atoms with E-state index in [1.165, 1.54) is 18.0 Å². The minimum Gasteiger partial charge on any atom is -0.322 e. The first-order valence-corrected chi connectivity index (χ1v) is 6.81. The highest BCUT2D eigenvalue weighted by Gasteiger charge is 2.27. The van der Waals surface area contributed by atoms with Crippen molar-refractivity contribution in [3.63, 3.8) is 0 Å². The molecule has 0 saturated heterocycles. The molecule has 3 N–H and O–H groups in total. The number of thioether (sulfide) groups is 1. The second-order valence-corrected chi connectivity index (χ2v) is 5.09. The highest BCUT2D eigenvalue weighted by Crippen LogP contribution is 2.30. The van der Waals surface area contributed by atoms with E-state index in [1.54, 1.807) is 0 Å². The molecule has 1 amide bonds. The van der Waals surface area contributed by atoms with Crippen molar-refractivity contribution in [3.8, 4) is 0 Å². The Hall–Kier alpha value is -2.29. The lowest BCUT2D eigenvalue weighted by atomic mass is 10.3. The van der Waals surface area contributed by atoms with Crippen molar-refractivity contribution in [1.82, 2.24) is 14.9 Å². The molecular weight excluding hydrogens is 282 g/mol. The lowest BCUT2D eigenvalue weighted by Crippen LogP contribution is -2.28. The predicted molar refractivity (Wildman–Crippen MR) is 75.6 cm³/mol. The molecule has 0 aliphatic carbocycles. The number of hydrogen-bond donors (Lipinski definition) is 3. The van der Waals surface area contributed by atoms with Gasteiger partial charge in [0.2, 0.25) is 5.91 Å². The third kappa shape index (κ3) is 2.39. The van der Waals surface area contributed by atoms with Crippen LogP contribution in [0.15, 0.2) is 31.9 Å². The molecule has 104 valence electrons. The van der Waals surface area contributed by atoms with Gasteiger partial charge in [-0.3, -0.25) is 19.6 Å². The number of carbonyl (C=O) groups is 1. The second kappa shape index (κ2) is 5.00. The van der Waals surface area contributed by atoms with Gasteiger partial charge in [-0.2, -0.15) is 0 Å². The van der Waals surface area contributed by atoms with E-state index in [0.29, 0.717) is 0 Å². The topological polar surface area (TPSA) is 110 Å². The first-order valence-electron chi connectivity index (χ1n) is 5.93. The minimum atomic E-state index is -0.625. The van der Waals surface area contributed by atoms with Crippen molar-refractivity contribution in [2.45, 2.75) is 6.42 Å². The average Bonchev–Trinajstić information content (AvgIpc) is 2.98. The highest BCUT2D eigenvalue weighted by atomic mass is 32.2. The normalized spacial score (nSPS) is 16.7. The Morgan fingerprint density at radius 2 is 2.35 bits per heavy atom. The fraction of sp³-hybridized carbons (Fsp3) is 0.273. The summed E-state index contributed by atoms with van der Waals surface area (Å²) in [5.41, 5.74) is -0.345. The van der Waals surface area contributed by atoms with E-state index in [2.05, 4.69) is 15.3 Å². The lowest BCUT2D eigenvalue weighted by molar-refractivity contribution is -0.115. The van der Waals surface area contributed by atoms with Crippen LogP contribution in [0.1, 0.15) is 6.42 Å². The third-order valence-corrected chi connectivity index (χ3v) is 3.83. The van der Waals surface area contributed by atoms with Gasteiger partial charge in [0.05, 0.1) is 13.0 Å². The van der Waals surface area contributed by atoms with E-state index < -0.39 is 11.2 Å². The average molecular weight is 293 g/mol. The number of amidine groups is 1. The zero-order valence-electron chi connectivity index (χ0n) is 10.3. The maximum absolute atomic E-state index is 11.9. The van der Waals surface area contributed by atoms with E-state index in [-0.39, 0.29) is 18.0 Å². The van der Waals surface area contributed by atoms with Gasteiger partial charge in [0, 0.05) is 18.4 Å². The Bertz CT molecular complexity index is 732. The van der Waals surface area contributed by atoms with Crippen molar-refractivity contribution in [2.75, 3.05) is 18.4 Å². The molecule has 0 unspecified atom stereocenters. The molecule has 0 radical (unpaired) electrons. The number of aliphatic imine (C=N–C) groups is 1. The number of carbonyl (C=O) groups excluding carboxylic acids is 1. The molecule has 0 aromatic carbocycles. The number of nitrogens with zero attached hydrogens (tertiary/aromatic N) is 2. The molecule has 3 rings (SSSR count). The molecule has 0 fully saturated rings. The molecule has 3 heterocycles. The quantitative estimate of drug-likeness (QED) is 0.705. The van der Waals surface area contributed by atoms with Gasteiger partial charge in [0.15, 0.2) is 5.17 Å². The van der Waals surface area contributed by atoms with Gasteiger partial charge in [0.25, 0.3) is 5.56 Å². The first-order chi connectivity index (χ1) is 9.63. The van der Waals surface area contributed by atoms with Crippen molar-refractivity contribution in [2.24, 2.45) is 4.99 Å². The summed E-state index contributed by atoms with van der Waals surface area (Å²) in [6.45, 7) is 1.52. The van der Waals surface area contributed by atoms with Crippen LogP contribution in [0.5, 0.6) is 0 Å². The molecule has 1 aromatic heterocycles. The van der Waals surface area contributed by atoms with Crippen LogP contribution in [-0.4, -0.2) is 39.0 Å². The van der Waals surface area contributed by atoms with Crippen LogP contribution in [0.3, 0.4) is 0 Å². The molecule has 20 heavy (non-hydrogen) atoms. The number of amides is 1. The Kier molecular flexibility index (Phi) is 3.18. The summed E-state index contributed by atoms with van der Waals surface area (Å²) in [5, 5.41) is 5.27. The van der Waals surface area contributed by atoms with Gasteiger partial charge in [-0.05, 0) is 5.41 Å². The van der Waals surface area contributed by atoms with Crippen molar-refractivity contribution in [3.05, 3.63) is 38.1 Å². The molecule has 0 atom stereocenters. The number of H-pyrrole nitrogens is 2. The first kappa shape index (κ1) is 12.7. The zero-order valence-corrected chi connectivity index (χ0v) is 11.1.